The predicted octanol–water partition coefficient (Wildman–Crippen LogP) is 3.54. The first kappa shape index (κ1) is 21.7. The van der Waals surface area contributed by atoms with Gasteiger partial charge in [-0.3, -0.25) is 9.36 Å². The zero-order valence-electron chi connectivity index (χ0n) is 15.5. The fraction of sp³-hybridized carbons (Fsp3) is 0.471. The minimum atomic E-state index is -4.63. The summed E-state index contributed by atoms with van der Waals surface area (Å²) in [4.78, 5) is 14.3. The highest BCUT2D eigenvalue weighted by Crippen LogP contribution is 2.38. The van der Waals surface area contributed by atoms with Gasteiger partial charge in [0.15, 0.2) is 5.16 Å². The number of para-hydroxylation sites is 1. The summed E-state index contributed by atoms with van der Waals surface area (Å²) in [6.07, 6.45) is -4.63. The van der Waals surface area contributed by atoms with Crippen LogP contribution >= 0.6 is 23.4 Å². The zero-order chi connectivity index (χ0) is 21.0. The van der Waals surface area contributed by atoms with E-state index in [1.807, 2.05) is 16.4 Å². The summed E-state index contributed by atoms with van der Waals surface area (Å²) in [6, 6.07) is 3.35. The molecule has 158 valence electrons. The van der Waals surface area contributed by atoms with Gasteiger partial charge in [0.1, 0.15) is 0 Å². The van der Waals surface area contributed by atoms with Gasteiger partial charge < -0.3 is 15.0 Å². The standard InChI is InChI=1S/C17H19ClF3N5O2S/c1-2-26-15(25-6-8-28-9-7-25)23-24-16(26)29-10-13(27)22-14-11(17(19,20)21)4-3-5-12(14)18/h3-5H,2,6-10H2,1H3,(H,22,27). The average molecular weight is 450 g/mol. The van der Waals surface area contributed by atoms with E-state index < -0.39 is 23.3 Å². The number of hydrogen-bond donors (Lipinski definition) is 1. The number of anilines is 2. The van der Waals surface area contributed by atoms with E-state index in [1.165, 1.54) is 12.1 Å². The van der Waals surface area contributed by atoms with E-state index in [-0.39, 0.29) is 10.8 Å². The third-order valence-electron chi connectivity index (χ3n) is 4.22. The molecule has 0 aliphatic carbocycles. The first-order valence-electron chi connectivity index (χ1n) is 8.85. The lowest BCUT2D eigenvalue weighted by Crippen LogP contribution is -2.38. The van der Waals surface area contributed by atoms with Crippen LogP contribution in [0.3, 0.4) is 0 Å². The molecular formula is C17H19ClF3N5O2S. The average Bonchev–Trinajstić information content (AvgIpc) is 3.10. The van der Waals surface area contributed by atoms with E-state index in [0.717, 1.165) is 17.8 Å². The highest BCUT2D eigenvalue weighted by atomic mass is 35.5. The Morgan fingerprint density at radius 2 is 2.03 bits per heavy atom. The van der Waals surface area contributed by atoms with Crippen LogP contribution in [0.25, 0.3) is 0 Å². The fourth-order valence-corrected chi connectivity index (χ4v) is 3.87. The number of ether oxygens (including phenoxy) is 1. The van der Waals surface area contributed by atoms with Crippen molar-refractivity contribution in [2.24, 2.45) is 0 Å². The van der Waals surface area contributed by atoms with Crippen molar-refractivity contribution in [3.05, 3.63) is 28.8 Å². The first-order chi connectivity index (χ1) is 13.8. The summed E-state index contributed by atoms with van der Waals surface area (Å²) < 4.78 is 46.7. The number of benzene rings is 1. The monoisotopic (exact) mass is 449 g/mol. The smallest absolute Gasteiger partial charge is 0.378 e. The Morgan fingerprint density at radius 3 is 2.69 bits per heavy atom. The largest absolute Gasteiger partial charge is 0.418 e. The van der Waals surface area contributed by atoms with Crippen molar-refractivity contribution >= 4 is 40.9 Å². The molecule has 1 aliphatic rings. The van der Waals surface area contributed by atoms with Crippen molar-refractivity contribution < 1.29 is 22.7 Å². The lowest BCUT2D eigenvalue weighted by Gasteiger charge is -2.27. The number of nitrogens with one attached hydrogen (secondary N) is 1. The molecule has 0 atom stereocenters. The van der Waals surface area contributed by atoms with Crippen molar-refractivity contribution in [3.63, 3.8) is 0 Å². The molecule has 29 heavy (non-hydrogen) atoms. The predicted molar refractivity (Wildman–Crippen MR) is 105 cm³/mol. The van der Waals surface area contributed by atoms with Gasteiger partial charge >= 0.3 is 6.18 Å². The molecule has 0 unspecified atom stereocenters. The topological polar surface area (TPSA) is 72.3 Å². The molecule has 0 radical (unpaired) electrons. The van der Waals surface area contributed by atoms with Gasteiger partial charge in [0.05, 0.1) is 35.2 Å². The highest BCUT2D eigenvalue weighted by Gasteiger charge is 2.34. The quantitative estimate of drug-likeness (QED) is 0.680. The maximum absolute atomic E-state index is 13.2. The Kier molecular flexibility index (Phi) is 6.91. The third kappa shape index (κ3) is 5.14. The Balaban J connectivity index is 1.68. The molecule has 3 rings (SSSR count). The van der Waals surface area contributed by atoms with Crippen molar-refractivity contribution in [2.75, 3.05) is 42.3 Å². The number of carbonyl (C=O) groups excluding carboxylic acids is 1. The molecule has 0 spiro atoms. The number of morpholine rings is 1. The second-order valence-corrected chi connectivity index (χ2v) is 7.47. The molecule has 2 aromatic rings. The summed E-state index contributed by atoms with van der Waals surface area (Å²) in [5.41, 5.74) is -1.44. The summed E-state index contributed by atoms with van der Waals surface area (Å²) in [5, 5.41) is 10.9. The molecule has 0 bridgehead atoms. The van der Waals surface area contributed by atoms with Crippen LogP contribution in [0.15, 0.2) is 23.4 Å². The van der Waals surface area contributed by atoms with Crippen LogP contribution in [-0.4, -0.2) is 52.7 Å². The minimum absolute atomic E-state index is 0.135. The van der Waals surface area contributed by atoms with Gasteiger partial charge in [-0.1, -0.05) is 29.4 Å². The number of hydrogen-bond acceptors (Lipinski definition) is 6. The van der Waals surface area contributed by atoms with Gasteiger partial charge in [0.25, 0.3) is 0 Å². The summed E-state index contributed by atoms with van der Waals surface area (Å²) in [6.45, 7) is 5.09. The summed E-state index contributed by atoms with van der Waals surface area (Å²) in [5.74, 6) is -0.0691. The molecule has 7 nitrogen and oxygen atoms in total. The van der Waals surface area contributed by atoms with Crippen molar-refractivity contribution in [1.82, 2.24) is 14.8 Å². The number of amides is 1. The van der Waals surface area contributed by atoms with Crippen molar-refractivity contribution in [1.29, 1.82) is 0 Å². The molecule has 1 aromatic heterocycles. The Morgan fingerprint density at radius 1 is 1.31 bits per heavy atom. The number of halogens is 4. The molecule has 1 fully saturated rings. The van der Waals surface area contributed by atoms with Crippen LogP contribution < -0.4 is 10.2 Å². The molecule has 1 amide bonds. The molecule has 1 aromatic carbocycles. The van der Waals surface area contributed by atoms with Crippen LogP contribution in [0.2, 0.25) is 5.02 Å². The van der Waals surface area contributed by atoms with Crippen LogP contribution in [0.1, 0.15) is 12.5 Å². The van der Waals surface area contributed by atoms with Gasteiger partial charge in [0, 0.05) is 19.6 Å². The Bertz CT molecular complexity index is 871. The van der Waals surface area contributed by atoms with Gasteiger partial charge in [-0.05, 0) is 19.1 Å². The molecule has 2 heterocycles. The molecule has 0 saturated carbocycles. The Labute approximate surface area is 174 Å². The first-order valence-corrected chi connectivity index (χ1v) is 10.2. The lowest BCUT2D eigenvalue weighted by atomic mass is 10.1. The number of rotatable bonds is 6. The highest BCUT2D eigenvalue weighted by molar-refractivity contribution is 7.99. The zero-order valence-corrected chi connectivity index (χ0v) is 17.1. The van der Waals surface area contributed by atoms with E-state index in [9.17, 15) is 18.0 Å². The number of thioether (sulfide) groups is 1. The van der Waals surface area contributed by atoms with E-state index >= 15 is 0 Å². The van der Waals surface area contributed by atoms with Crippen molar-refractivity contribution in [2.45, 2.75) is 24.8 Å². The molecule has 1 aliphatic heterocycles. The van der Waals surface area contributed by atoms with Crippen LogP contribution in [0.5, 0.6) is 0 Å². The second-order valence-electron chi connectivity index (χ2n) is 6.12. The van der Waals surface area contributed by atoms with E-state index in [4.69, 9.17) is 16.3 Å². The second kappa shape index (κ2) is 9.23. The van der Waals surface area contributed by atoms with Crippen LogP contribution in [-0.2, 0) is 22.3 Å². The molecule has 12 heteroatoms. The van der Waals surface area contributed by atoms with E-state index in [1.54, 1.807) is 0 Å². The van der Waals surface area contributed by atoms with Crippen LogP contribution in [0.4, 0.5) is 24.8 Å². The fourth-order valence-electron chi connectivity index (χ4n) is 2.85. The van der Waals surface area contributed by atoms with E-state index in [2.05, 4.69) is 15.5 Å². The minimum Gasteiger partial charge on any atom is -0.378 e. The summed E-state index contributed by atoms with van der Waals surface area (Å²) in [7, 11) is 0. The van der Waals surface area contributed by atoms with Gasteiger partial charge in [-0.15, -0.1) is 10.2 Å². The number of carbonyl (C=O) groups is 1. The normalized spacial score (nSPS) is 14.9. The van der Waals surface area contributed by atoms with Crippen LogP contribution in [0, 0.1) is 0 Å². The lowest BCUT2D eigenvalue weighted by molar-refractivity contribution is -0.137. The summed E-state index contributed by atoms with van der Waals surface area (Å²) >= 11 is 6.97. The molecule has 1 saturated heterocycles. The molecule has 1 N–H and O–H groups in total. The van der Waals surface area contributed by atoms with E-state index in [0.29, 0.717) is 44.0 Å². The number of nitrogens with zero attached hydrogens (tertiary/aromatic N) is 4. The third-order valence-corrected chi connectivity index (χ3v) is 5.50. The van der Waals surface area contributed by atoms with Gasteiger partial charge in [-0.2, -0.15) is 13.2 Å². The Hall–Kier alpha value is -1.98. The number of aromatic nitrogens is 3. The molecular weight excluding hydrogens is 431 g/mol. The van der Waals surface area contributed by atoms with Gasteiger partial charge in [0.2, 0.25) is 11.9 Å². The maximum Gasteiger partial charge on any atom is 0.418 e. The van der Waals surface area contributed by atoms with Gasteiger partial charge in [-0.25, -0.2) is 0 Å². The number of alkyl halides is 3. The van der Waals surface area contributed by atoms with Crippen molar-refractivity contribution in [3.8, 4) is 0 Å². The maximum atomic E-state index is 13.2. The SMILES string of the molecule is CCn1c(SCC(=O)Nc2c(Cl)cccc2C(F)(F)F)nnc1N1CCOCC1.